The third-order valence-electron chi connectivity index (χ3n) is 3.68. The molecule has 2 heterocycles. The molecular weight excluding hydrogens is 354 g/mol. The first kappa shape index (κ1) is 17.7. The highest BCUT2D eigenvalue weighted by Crippen LogP contribution is 2.15. The Morgan fingerprint density at radius 3 is 2.77 bits per heavy atom. The number of nitrogens with one attached hydrogen (secondary N) is 1. The second-order valence-electron chi connectivity index (χ2n) is 5.59. The van der Waals surface area contributed by atoms with Crippen molar-refractivity contribution in [1.82, 2.24) is 9.99 Å². The molecule has 0 saturated heterocycles. The van der Waals surface area contributed by atoms with Gasteiger partial charge in [0.15, 0.2) is 0 Å². The van der Waals surface area contributed by atoms with E-state index in [-0.39, 0.29) is 12.1 Å². The van der Waals surface area contributed by atoms with Crippen LogP contribution in [0.3, 0.4) is 0 Å². The van der Waals surface area contributed by atoms with Crippen LogP contribution in [-0.4, -0.2) is 16.7 Å². The van der Waals surface area contributed by atoms with E-state index in [1.807, 2.05) is 18.2 Å². The van der Waals surface area contributed by atoms with E-state index in [4.69, 9.17) is 16.0 Å². The molecule has 0 spiro atoms. The summed E-state index contributed by atoms with van der Waals surface area (Å²) in [6.07, 6.45) is 2.98. The van der Waals surface area contributed by atoms with Gasteiger partial charge in [-0.15, -0.1) is 0 Å². The van der Waals surface area contributed by atoms with Gasteiger partial charge in [0, 0.05) is 11.2 Å². The number of aryl methyl sites for hydroxylation is 1. The second kappa shape index (κ2) is 7.84. The summed E-state index contributed by atoms with van der Waals surface area (Å²) in [5.41, 5.74) is 2.69. The lowest BCUT2D eigenvalue weighted by Gasteiger charge is -2.09. The number of rotatable bonds is 5. The van der Waals surface area contributed by atoms with E-state index < -0.39 is 11.5 Å². The molecule has 0 unspecified atom stereocenters. The van der Waals surface area contributed by atoms with Gasteiger partial charge in [-0.05, 0) is 42.8 Å². The van der Waals surface area contributed by atoms with E-state index in [9.17, 15) is 9.59 Å². The summed E-state index contributed by atoms with van der Waals surface area (Å²) in [5, 5.41) is 4.38. The molecule has 3 aromatic rings. The van der Waals surface area contributed by atoms with Crippen LogP contribution in [0.1, 0.15) is 27.4 Å². The van der Waals surface area contributed by atoms with Crippen molar-refractivity contribution >= 4 is 23.7 Å². The van der Waals surface area contributed by atoms with E-state index >= 15 is 0 Å². The Balaban J connectivity index is 1.76. The van der Waals surface area contributed by atoms with Gasteiger partial charge >= 0.3 is 0 Å². The zero-order valence-electron chi connectivity index (χ0n) is 14.0. The van der Waals surface area contributed by atoms with E-state index in [1.54, 1.807) is 37.4 Å². The molecule has 0 atom stereocenters. The zero-order valence-corrected chi connectivity index (χ0v) is 14.7. The minimum Gasteiger partial charge on any atom is -0.460 e. The lowest BCUT2D eigenvalue weighted by molar-refractivity contribution is 0.0953. The third-order valence-corrected chi connectivity index (χ3v) is 4.05. The van der Waals surface area contributed by atoms with Gasteiger partial charge in [0.05, 0.1) is 12.8 Å². The van der Waals surface area contributed by atoms with Gasteiger partial charge in [0.2, 0.25) is 0 Å². The number of halogens is 1. The topological polar surface area (TPSA) is 76.6 Å². The van der Waals surface area contributed by atoms with Crippen LogP contribution in [0, 0.1) is 6.92 Å². The quantitative estimate of drug-likeness (QED) is 0.554. The molecular formula is C19H16ClN3O3. The van der Waals surface area contributed by atoms with Crippen LogP contribution in [0.2, 0.25) is 5.02 Å². The van der Waals surface area contributed by atoms with Gasteiger partial charge in [0.1, 0.15) is 17.1 Å². The lowest BCUT2D eigenvalue weighted by Crippen LogP contribution is -2.30. The number of hydrazone groups is 1. The molecule has 1 aromatic carbocycles. The number of carbonyl (C=O) groups is 1. The summed E-state index contributed by atoms with van der Waals surface area (Å²) < 4.78 is 6.74. The van der Waals surface area contributed by atoms with Crippen molar-refractivity contribution < 1.29 is 9.21 Å². The SMILES string of the molecule is Cc1ccc(/C=N\NC(=O)c2cccn(Cc3ccccc3Cl)c2=O)o1. The van der Waals surface area contributed by atoms with Crippen molar-refractivity contribution in [1.29, 1.82) is 0 Å². The highest BCUT2D eigenvalue weighted by atomic mass is 35.5. The number of carbonyl (C=O) groups excluding carboxylic acids is 1. The van der Waals surface area contributed by atoms with Gasteiger partial charge in [0.25, 0.3) is 11.5 Å². The molecule has 0 aliphatic carbocycles. The highest BCUT2D eigenvalue weighted by Gasteiger charge is 2.12. The molecule has 6 nitrogen and oxygen atoms in total. The lowest BCUT2D eigenvalue weighted by atomic mass is 10.2. The Labute approximate surface area is 154 Å². The summed E-state index contributed by atoms with van der Waals surface area (Å²) in [6.45, 7) is 2.08. The van der Waals surface area contributed by atoms with E-state index in [0.29, 0.717) is 10.8 Å². The molecule has 0 fully saturated rings. The number of nitrogens with zero attached hydrogens (tertiary/aromatic N) is 2. The van der Waals surface area contributed by atoms with Gasteiger partial charge in [-0.25, -0.2) is 5.43 Å². The summed E-state index contributed by atoms with van der Waals surface area (Å²) in [5.74, 6) is 0.651. The molecule has 2 aromatic heterocycles. The van der Waals surface area contributed by atoms with Crippen LogP contribution < -0.4 is 11.0 Å². The van der Waals surface area contributed by atoms with Crippen LogP contribution >= 0.6 is 11.6 Å². The maximum Gasteiger partial charge on any atom is 0.276 e. The number of benzene rings is 1. The van der Waals surface area contributed by atoms with Gasteiger partial charge in [-0.3, -0.25) is 9.59 Å². The van der Waals surface area contributed by atoms with Crippen LogP contribution in [0.25, 0.3) is 0 Å². The Kier molecular flexibility index (Phi) is 5.34. The molecule has 1 N–H and O–H groups in total. The average Bonchev–Trinajstić information content (AvgIpc) is 3.04. The smallest absolute Gasteiger partial charge is 0.276 e. The van der Waals surface area contributed by atoms with Crippen molar-refractivity contribution in [2.75, 3.05) is 0 Å². The molecule has 7 heteroatoms. The fraction of sp³-hybridized carbons (Fsp3) is 0.105. The molecule has 0 saturated carbocycles. The largest absolute Gasteiger partial charge is 0.460 e. The zero-order chi connectivity index (χ0) is 18.5. The number of pyridine rings is 1. The third kappa shape index (κ3) is 4.10. The first-order valence-corrected chi connectivity index (χ1v) is 8.25. The Morgan fingerprint density at radius 2 is 2.04 bits per heavy atom. The molecule has 1 amide bonds. The monoisotopic (exact) mass is 369 g/mol. The van der Waals surface area contributed by atoms with Crippen LogP contribution in [0.4, 0.5) is 0 Å². The van der Waals surface area contributed by atoms with Crippen molar-refractivity contribution in [3.8, 4) is 0 Å². The Hall–Kier alpha value is -3.12. The normalized spacial score (nSPS) is 11.0. The number of furan rings is 1. The molecule has 3 rings (SSSR count). The van der Waals surface area contributed by atoms with Crippen molar-refractivity contribution in [3.05, 3.63) is 92.8 Å². The number of hydrogen-bond acceptors (Lipinski definition) is 4. The summed E-state index contributed by atoms with van der Waals surface area (Å²) >= 11 is 6.13. The number of aromatic nitrogens is 1. The highest BCUT2D eigenvalue weighted by molar-refractivity contribution is 6.31. The number of hydrogen-bond donors (Lipinski definition) is 1. The van der Waals surface area contributed by atoms with E-state index in [2.05, 4.69) is 10.5 Å². The van der Waals surface area contributed by atoms with Crippen molar-refractivity contribution in [2.45, 2.75) is 13.5 Å². The van der Waals surface area contributed by atoms with Gasteiger partial charge in [-0.2, -0.15) is 5.10 Å². The number of amides is 1. The second-order valence-corrected chi connectivity index (χ2v) is 6.00. The molecule has 132 valence electrons. The van der Waals surface area contributed by atoms with Gasteiger partial charge in [-0.1, -0.05) is 29.8 Å². The molecule has 0 bridgehead atoms. The van der Waals surface area contributed by atoms with Crippen molar-refractivity contribution in [2.24, 2.45) is 5.10 Å². The first-order chi connectivity index (χ1) is 12.5. The molecule has 0 aliphatic rings. The van der Waals surface area contributed by atoms with Gasteiger partial charge < -0.3 is 8.98 Å². The molecule has 0 radical (unpaired) electrons. The summed E-state index contributed by atoms with van der Waals surface area (Å²) in [6, 6.07) is 13.8. The standard InChI is InChI=1S/C19H16ClN3O3/c1-13-8-9-15(26-13)11-21-22-18(24)16-6-4-10-23(19(16)25)12-14-5-2-3-7-17(14)20/h2-11H,12H2,1H3,(H,22,24)/b21-11-. The predicted molar refractivity (Wildman–Crippen MR) is 99.8 cm³/mol. The van der Waals surface area contributed by atoms with Crippen LogP contribution in [0.5, 0.6) is 0 Å². The van der Waals surface area contributed by atoms with Crippen molar-refractivity contribution in [3.63, 3.8) is 0 Å². The van der Waals surface area contributed by atoms with E-state index in [1.165, 1.54) is 16.8 Å². The Morgan fingerprint density at radius 1 is 1.23 bits per heavy atom. The Bertz CT molecular complexity index is 1020. The predicted octanol–water partition coefficient (Wildman–Crippen LogP) is 3.22. The molecule has 0 aliphatic heterocycles. The molecule has 26 heavy (non-hydrogen) atoms. The first-order valence-electron chi connectivity index (χ1n) is 7.87. The van der Waals surface area contributed by atoms with Crippen LogP contribution in [-0.2, 0) is 6.54 Å². The maximum absolute atomic E-state index is 12.6. The van der Waals surface area contributed by atoms with Crippen LogP contribution in [0.15, 0.2) is 69.0 Å². The fourth-order valence-corrected chi connectivity index (χ4v) is 2.58. The minimum atomic E-state index is -0.594. The minimum absolute atomic E-state index is 0.00710. The fourth-order valence-electron chi connectivity index (χ4n) is 2.38. The summed E-state index contributed by atoms with van der Waals surface area (Å²) in [7, 11) is 0. The van der Waals surface area contributed by atoms with E-state index in [0.717, 1.165) is 11.3 Å². The average molecular weight is 370 g/mol. The maximum atomic E-state index is 12.6. The summed E-state index contributed by atoms with van der Waals surface area (Å²) in [4.78, 5) is 24.8.